The maximum atomic E-state index is 13.0. The van der Waals surface area contributed by atoms with Crippen LogP contribution in [0.2, 0.25) is 0 Å². The van der Waals surface area contributed by atoms with Crippen molar-refractivity contribution in [3.05, 3.63) is 47.3 Å². The van der Waals surface area contributed by atoms with Gasteiger partial charge in [0.05, 0.1) is 11.1 Å². The standard InChI is InChI=1S/C20H26N4O3S/c1-14-4-5-19(15(2)10-14)28(26,27)24-8-6-23(7-9-24)20(25)18-11-17(18)16-12-21-22(3)13-16/h4-5,10,12-13,17-18H,6-9,11H2,1-3H3. The fourth-order valence-electron chi connectivity index (χ4n) is 4.08. The summed E-state index contributed by atoms with van der Waals surface area (Å²) >= 11 is 0. The van der Waals surface area contributed by atoms with E-state index in [1.54, 1.807) is 10.7 Å². The summed E-state index contributed by atoms with van der Waals surface area (Å²) in [4.78, 5) is 15.0. The summed E-state index contributed by atoms with van der Waals surface area (Å²) in [6, 6.07) is 5.39. The first-order valence-electron chi connectivity index (χ1n) is 9.62. The number of amides is 1. The second-order valence-electron chi connectivity index (χ2n) is 7.89. The Morgan fingerprint density at radius 3 is 2.46 bits per heavy atom. The first kappa shape index (κ1) is 19.1. The van der Waals surface area contributed by atoms with Gasteiger partial charge in [0.2, 0.25) is 15.9 Å². The molecule has 1 aliphatic heterocycles. The van der Waals surface area contributed by atoms with Crippen LogP contribution in [-0.4, -0.2) is 59.5 Å². The van der Waals surface area contributed by atoms with Crippen LogP contribution in [0.1, 0.15) is 29.0 Å². The predicted octanol–water partition coefficient (Wildman–Crippen LogP) is 1.67. The first-order valence-corrected chi connectivity index (χ1v) is 11.1. The van der Waals surface area contributed by atoms with E-state index in [1.165, 1.54) is 4.31 Å². The van der Waals surface area contributed by atoms with Crippen LogP contribution >= 0.6 is 0 Å². The number of aromatic nitrogens is 2. The molecule has 1 saturated carbocycles. The fraction of sp³-hybridized carbons (Fsp3) is 0.500. The van der Waals surface area contributed by atoms with Crippen molar-refractivity contribution in [2.75, 3.05) is 26.2 Å². The van der Waals surface area contributed by atoms with Gasteiger partial charge in [-0.25, -0.2) is 8.42 Å². The van der Waals surface area contributed by atoms with E-state index >= 15 is 0 Å². The van der Waals surface area contributed by atoms with Gasteiger partial charge in [0.25, 0.3) is 0 Å². The smallest absolute Gasteiger partial charge is 0.243 e. The van der Waals surface area contributed by atoms with Gasteiger partial charge in [-0.05, 0) is 43.4 Å². The zero-order valence-corrected chi connectivity index (χ0v) is 17.3. The third kappa shape index (κ3) is 3.46. The highest BCUT2D eigenvalue weighted by molar-refractivity contribution is 7.89. The molecule has 2 aliphatic rings. The number of benzene rings is 1. The van der Waals surface area contributed by atoms with Crippen molar-refractivity contribution in [1.82, 2.24) is 19.0 Å². The zero-order chi connectivity index (χ0) is 20.1. The van der Waals surface area contributed by atoms with Crippen molar-refractivity contribution in [3.63, 3.8) is 0 Å². The summed E-state index contributed by atoms with van der Waals surface area (Å²) in [7, 11) is -1.66. The molecule has 2 unspecified atom stereocenters. The molecule has 7 nitrogen and oxygen atoms in total. The Morgan fingerprint density at radius 1 is 1.14 bits per heavy atom. The Kier molecular flexibility index (Phi) is 4.79. The lowest BCUT2D eigenvalue weighted by Gasteiger charge is -2.34. The quantitative estimate of drug-likeness (QED) is 0.780. The minimum atomic E-state index is -3.53. The molecule has 1 aliphatic carbocycles. The molecular weight excluding hydrogens is 376 g/mol. The van der Waals surface area contributed by atoms with Crippen LogP contribution in [0.15, 0.2) is 35.5 Å². The lowest BCUT2D eigenvalue weighted by molar-refractivity contribution is -0.133. The molecule has 0 bridgehead atoms. The maximum Gasteiger partial charge on any atom is 0.243 e. The summed E-state index contributed by atoms with van der Waals surface area (Å²) in [5, 5.41) is 4.18. The summed E-state index contributed by atoms with van der Waals surface area (Å²) in [6.45, 7) is 5.34. The molecule has 150 valence electrons. The van der Waals surface area contributed by atoms with Crippen LogP contribution in [-0.2, 0) is 21.9 Å². The van der Waals surface area contributed by atoms with E-state index in [9.17, 15) is 13.2 Å². The van der Waals surface area contributed by atoms with Gasteiger partial charge in [-0.1, -0.05) is 17.7 Å². The molecule has 1 aromatic heterocycles. The van der Waals surface area contributed by atoms with Gasteiger partial charge in [-0.3, -0.25) is 9.48 Å². The van der Waals surface area contributed by atoms with Crippen LogP contribution in [0.3, 0.4) is 0 Å². The Labute approximate surface area is 166 Å². The van der Waals surface area contributed by atoms with E-state index in [0.717, 1.165) is 23.1 Å². The van der Waals surface area contributed by atoms with E-state index in [1.807, 2.05) is 50.3 Å². The second kappa shape index (κ2) is 7.00. The molecule has 4 rings (SSSR count). The molecule has 0 spiro atoms. The Bertz CT molecular complexity index is 1010. The van der Waals surface area contributed by atoms with Crippen molar-refractivity contribution in [3.8, 4) is 0 Å². The largest absolute Gasteiger partial charge is 0.340 e. The number of hydrogen-bond acceptors (Lipinski definition) is 4. The molecule has 8 heteroatoms. The highest BCUT2D eigenvalue weighted by atomic mass is 32.2. The molecule has 2 aromatic rings. The number of piperazine rings is 1. The summed E-state index contributed by atoms with van der Waals surface area (Å²) in [5.74, 6) is 0.391. The van der Waals surface area contributed by atoms with Crippen LogP contribution in [0.25, 0.3) is 0 Å². The minimum absolute atomic E-state index is 0.00620. The molecule has 2 fully saturated rings. The molecule has 0 radical (unpaired) electrons. The third-order valence-electron chi connectivity index (χ3n) is 5.76. The molecule has 1 aromatic carbocycles. The van der Waals surface area contributed by atoms with E-state index in [0.29, 0.717) is 31.1 Å². The Balaban J connectivity index is 1.39. The van der Waals surface area contributed by atoms with Gasteiger partial charge in [0.1, 0.15) is 0 Å². The van der Waals surface area contributed by atoms with Crippen LogP contribution < -0.4 is 0 Å². The molecule has 0 N–H and O–H groups in total. The summed E-state index contributed by atoms with van der Waals surface area (Å²) < 4.78 is 29.2. The first-order chi connectivity index (χ1) is 13.3. The van der Waals surface area contributed by atoms with Gasteiger partial charge in [0.15, 0.2) is 0 Å². The van der Waals surface area contributed by atoms with Crippen molar-refractivity contribution >= 4 is 15.9 Å². The van der Waals surface area contributed by atoms with E-state index < -0.39 is 10.0 Å². The topological polar surface area (TPSA) is 75.5 Å². The monoisotopic (exact) mass is 402 g/mol. The van der Waals surface area contributed by atoms with Crippen LogP contribution in [0.4, 0.5) is 0 Å². The van der Waals surface area contributed by atoms with Crippen LogP contribution in [0.5, 0.6) is 0 Å². The number of carbonyl (C=O) groups is 1. The van der Waals surface area contributed by atoms with Crippen molar-refractivity contribution < 1.29 is 13.2 Å². The lowest BCUT2D eigenvalue weighted by atomic mass is 10.2. The van der Waals surface area contributed by atoms with Gasteiger partial charge in [0, 0.05) is 45.3 Å². The molecular formula is C20H26N4O3S. The molecule has 28 heavy (non-hydrogen) atoms. The highest BCUT2D eigenvalue weighted by Gasteiger charge is 2.47. The van der Waals surface area contributed by atoms with Gasteiger partial charge in [-0.2, -0.15) is 9.40 Å². The van der Waals surface area contributed by atoms with E-state index in [-0.39, 0.29) is 17.7 Å². The maximum absolute atomic E-state index is 13.0. The number of carbonyl (C=O) groups excluding carboxylic acids is 1. The SMILES string of the molecule is Cc1ccc(S(=O)(=O)N2CCN(C(=O)C3CC3c3cnn(C)c3)CC2)c(C)c1. The third-order valence-corrected chi connectivity index (χ3v) is 7.82. The zero-order valence-electron chi connectivity index (χ0n) is 16.5. The Morgan fingerprint density at radius 2 is 1.86 bits per heavy atom. The van der Waals surface area contributed by atoms with Crippen LogP contribution in [0, 0.1) is 19.8 Å². The predicted molar refractivity (Wildman–Crippen MR) is 105 cm³/mol. The summed E-state index contributed by atoms with van der Waals surface area (Å²) in [6.07, 6.45) is 4.64. The normalized spacial score (nSPS) is 23.0. The fourth-order valence-corrected chi connectivity index (χ4v) is 5.71. The highest BCUT2D eigenvalue weighted by Crippen LogP contribution is 2.48. The molecule has 1 saturated heterocycles. The number of rotatable bonds is 4. The Hall–Kier alpha value is -2.19. The van der Waals surface area contributed by atoms with Gasteiger partial charge >= 0.3 is 0 Å². The molecule has 2 heterocycles. The summed E-state index contributed by atoms with van der Waals surface area (Å²) in [5.41, 5.74) is 2.91. The second-order valence-corrected chi connectivity index (χ2v) is 9.80. The number of aryl methyl sites for hydroxylation is 3. The lowest BCUT2D eigenvalue weighted by Crippen LogP contribution is -2.51. The van der Waals surface area contributed by atoms with Crippen molar-refractivity contribution in [1.29, 1.82) is 0 Å². The van der Waals surface area contributed by atoms with E-state index in [4.69, 9.17) is 0 Å². The average Bonchev–Trinajstić information content (AvgIpc) is 3.34. The number of sulfonamides is 1. The molecule has 2 atom stereocenters. The number of hydrogen-bond donors (Lipinski definition) is 0. The average molecular weight is 403 g/mol. The van der Waals surface area contributed by atoms with Gasteiger partial charge in [-0.15, -0.1) is 0 Å². The number of nitrogens with zero attached hydrogens (tertiary/aromatic N) is 4. The molecule has 1 amide bonds. The van der Waals surface area contributed by atoms with Crippen molar-refractivity contribution in [2.45, 2.75) is 31.1 Å². The minimum Gasteiger partial charge on any atom is -0.340 e. The van der Waals surface area contributed by atoms with Crippen molar-refractivity contribution in [2.24, 2.45) is 13.0 Å². The van der Waals surface area contributed by atoms with E-state index in [2.05, 4.69) is 5.10 Å². The van der Waals surface area contributed by atoms with Gasteiger partial charge < -0.3 is 4.90 Å².